The number of para-hydroxylation sites is 1. The van der Waals surface area contributed by atoms with Crippen LogP contribution in [0.2, 0.25) is 0 Å². The number of benzene rings is 1. The van der Waals surface area contributed by atoms with Crippen molar-refractivity contribution >= 4 is 5.52 Å². The van der Waals surface area contributed by atoms with Crippen LogP contribution in [0.15, 0.2) is 47.4 Å². The molecule has 21 heavy (non-hydrogen) atoms. The minimum atomic E-state index is -0.551. The van der Waals surface area contributed by atoms with Crippen LogP contribution in [0, 0.1) is 5.82 Å². The lowest BCUT2D eigenvalue weighted by molar-refractivity contribution is 0.353. The Morgan fingerprint density at radius 3 is 2.67 bits per heavy atom. The second-order valence-electron chi connectivity index (χ2n) is 5.09. The monoisotopic (exact) mass is 284 g/mol. The van der Waals surface area contributed by atoms with Gasteiger partial charge in [-0.25, -0.2) is 8.91 Å². The van der Waals surface area contributed by atoms with E-state index in [1.807, 2.05) is 30.3 Å². The van der Waals surface area contributed by atoms with Gasteiger partial charge in [0, 0.05) is 6.20 Å². The van der Waals surface area contributed by atoms with Crippen molar-refractivity contribution in [3.63, 3.8) is 0 Å². The van der Waals surface area contributed by atoms with E-state index >= 15 is 0 Å². The molecule has 1 N–H and O–H groups in total. The molecule has 2 aromatic heterocycles. The van der Waals surface area contributed by atoms with E-state index in [4.69, 9.17) is 0 Å². The summed E-state index contributed by atoms with van der Waals surface area (Å²) < 4.78 is 16.7. The molecule has 0 unspecified atom stereocenters. The Bertz CT molecular complexity index is 865. The van der Waals surface area contributed by atoms with Crippen LogP contribution in [0.3, 0.4) is 0 Å². The van der Waals surface area contributed by atoms with Crippen LogP contribution in [-0.2, 0) is 0 Å². The van der Waals surface area contributed by atoms with Gasteiger partial charge in [0.25, 0.3) is 5.56 Å². The molecule has 1 saturated heterocycles. The number of nitrogens with one attached hydrogen (secondary N) is 1. The predicted octanol–water partition coefficient (Wildman–Crippen LogP) is 1.66. The Labute approximate surface area is 119 Å². The number of rotatable bonds is 2. The van der Waals surface area contributed by atoms with E-state index in [1.165, 1.54) is 21.3 Å². The first-order chi connectivity index (χ1) is 10.3. The fraction of sp³-hybridized carbons (Fsp3) is 0.200. The third kappa shape index (κ3) is 1.80. The van der Waals surface area contributed by atoms with Crippen LogP contribution in [-0.4, -0.2) is 20.7 Å². The average molecular weight is 284 g/mol. The van der Waals surface area contributed by atoms with E-state index in [-0.39, 0.29) is 17.1 Å². The first-order valence-electron chi connectivity index (χ1n) is 6.84. The highest BCUT2D eigenvalue weighted by molar-refractivity contribution is 5.49. The molecule has 4 rings (SSSR count). The van der Waals surface area contributed by atoms with Crippen molar-refractivity contribution in [3.05, 3.63) is 64.6 Å². The zero-order valence-electron chi connectivity index (χ0n) is 11.2. The van der Waals surface area contributed by atoms with Gasteiger partial charge in [0.2, 0.25) is 0 Å². The third-order valence-electron chi connectivity index (χ3n) is 3.81. The van der Waals surface area contributed by atoms with Gasteiger partial charge in [0.1, 0.15) is 0 Å². The average Bonchev–Trinajstić information content (AvgIpc) is 2.80. The van der Waals surface area contributed by atoms with Crippen LogP contribution < -0.4 is 10.9 Å². The molecule has 0 amide bonds. The highest BCUT2D eigenvalue weighted by Crippen LogP contribution is 2.22. The van der Waals surface area contributed by atoms with Crippen LogP contribution in [0.1, 0.15) is 18.3 Å². The fourth-order valence-corrected chi connectivity index (χ4v) is 2.61. The van der Waals surface area contributed by atoms with Crippen molar-refractivity contribution in [1.29, 1.82) is 0 Å². The predicted molar refractivity (Wildman–Crippen MR) is 76.1 cm³/mol. The molecule has 6 heteroatoms. The number of aromatic nitrogens is 3. The van der Waals surface area contributed by atoms with Gasteiger partial charge in [-0.1, -0.05) is 18.2 Å². The maximum atomic E-state index is 13.8. The summed E-state index contributed by atoms with van der Waals surface area (Å²) in [5.74, 6) is 0.0610. The lowest BCUT2D eigenvalue weighted by Gasteiger charge is -2.28. The first-order valence-corrected chi connectivity index (χ1v) is 6.84. The molecular formula is C15H13FN4O. The van der Waals surface area contributed by atoms with Crippen molar-refractivity contribution in [1.82, 2.24) is 19.5 Å². The maximum absolute atomic E-state index is 13.8. The Kier molecular flexibility index (Phi) is 2.65. The van der Waals surface area contributed by atoms with Crippen LogP contribution >= 0.6 is 0 Å². The number of nitrogens with zero attached hydrogens (tertiary/aromatic N) is 3. The second-order valence-corrected chi connectivity index (χ2v) is 5.09. The normalized spacial score (nSPS) is 17.9. The standard InChI is InChI=1S/C15H13FN4O/c16-11-7-9-19-13(11)15(21)20(10-4-2-1-3-5-10)14(18-19)12-6-8-17-12/h1-5,7,9,12,17H,6,8H2/t12-/m0/s1. The molecule has 1 aromatic carbocycles. The summed E-state index contributed by atoms with van der Waals surface area (Å²) in [6, 6.07) is 10.5. The zero-order valence-corrected chi connectivity index (χ0v) is 11.2. The van der Waals surface area contributed by atoms with Gasteiger partial charge in [-0.2, -0.15) is 5.10 Å². The molecule has 1 atom stereocenters. The fourth-order valence-electron chi connectivity index (χ4n) is 2.61. The lowest BCUT2D eigenvalue weighted by atomic mass is 10.1. The summed E-state index contributed by atoms with van der Waals surface area (Å²) in [4.78, 5) is 12.7. The Hall–Kier alpha value is -2.47. The van der Waals surface area contributed by atoms with E-state index in [9.17, 15) is 9.18 Å². The van der Waals surface area contributed by atoms with Crippen molar-refractivity contribution in [3.8, 4) is 5.69 Å². The highest BCUT2D eigenvalue weighted by Gasteiger charge is 2.26. The van der Waals surface area contributed by atoms with Crippen LogP contribution in [0.5, 0.6) is 0 Å². The molecule has 0 saturated carbocycles. The molecule has 0 radical (unpaired) electrons. The van der Waals surface area contributed by atoms with E-state index in [0.29, 0.717) is 11.5 Å². The number of fused-ring (bicyclic) bond motifs is 1. The molecule has 0 bridgehead atoms. The summed E-state index contributed by atoms with van der Waals surface area (Å²) in [5, 5.41) is 7.67. The largest absolute Gasteiger partial charge is 0.307 e. The summed E-state index contributed by atoms with van der Waals surface area (Å²) >= 11 is 0. The quantitative estimate of drug-likeness (QED) is 0.778. The Balaban J connectivity index is 2.08. The molecular weight excluding hydrogens is 271 g/mol. The van der Waals surface area contributed by atoms with Crippen LogP contribution in [0.4, 0.5) is 4.39 Å². The van der Waals surface area contributed by atoms with E-state index in [2.05, 4.69) is 10.4 Å². The van der Waals surface area contributed by atoms with Crippen molar-refractivity contribution in [2.45, 2.75) is 12.5 Å². The van der Waals surface area contributed by atoms with Crippen molar-refractivity contribution < 1.29 is 4.39 Å². The molecule has 0 aliphatic carbocycles. The Morgan fingerprint density at radius 2 is 2.00 bits per heavy atom. The van der Waals surface area contributed by atoms with Gasteiger partial charge >= 0.3 is 0 Å². The Morgan fingerprint density at radius 1 is 1.24 bits per heavy atom. The highest BCUT2D eigenvalue weighted by atomic mass is 19.1. The summed E-state index contributed by atoms with van der Waals surface area (Å²) in [6.45, 7) is 0.896. The minimum Gasteiger partial charge on any atom is -0.307 e. The van der Waals surface area contributed by atoms with Gasteiger partial charge in [0.05, 0.1) is 11.7 Å². The van der Waals surface area contributed by atoms with Crippen molar-refractivity contribution in [2.24, 2.45) is 0 Å². The van der Waals surface area contributed by atoms with E-state index < -0.39 is 5.82 Å². The molecule has 5 nitrogen and oxygen atoms in total. The smallest absolute Gasteiger partial charge is 0.285 e. The number of halogens is 1. The zero-order chi connectivity index (χ0) is 14.4. The summed E-state index contributed by atoms with van der Waals surface area (Å²) in [7, 11) is 0. The lowest BCUT2D eigenvalue weighted by Crippen LogP contribution is -2.40. The van der Waals surface area contributed by atoms with Crippen LogP contribution in [0.25, 0.3) is 11.2 Å². The molecule has 106 valence electrons. The summed E-state index contributed by atoms with van der Waals surface area (Å²) in [6.07, 6.45) is 2.39. The second kappa shape index (κ2) is 4.53. The van der Waals surface area contributed by atoms with Crippen molar-refractivity contribution in [2.75, 3.05) is 6.54 Å². The van der Waals surface area contributed by atoms with Gasteiger partial charge in [-0.05, 0) is 31.2 Å². The molecule has 3 heterocycles. The summed E-state index contributed by atoms with van der Waals surface area (Å²) in [5.41, 5.74) is 0.283. The topological polar surface area (TPSA) is 51.3 Å². The SMILES string of the molecule is O=c1c2c(F)ccn2nc([C@@H]2CCN2)n1-c1ccccc1. The molecule has 1 fully saturated rings. The molecule has 3 aromatic rings. The molecule has 0 spiro atoms. The molecule has 1 aliphatic rings. The number of hydrogen-bond acceptors (Lipinski definition) is 3. The van der Waals surface area contributed by atoms with Gasteiger partial charge in [-0.15, -0.1) is 0 Å². The van der Waals surface area contributed by atoms with Gasteiger partial charge in [0.15, 0.2) is 17.2 Å². The van der Waals surface area contributed by atoms with Gasteiger partial charge < -0.3 is 5.32 Å². The first kappa shape index (κ1) is 12.3. The maximum Gasteiger partial charge on any atom is 0.285 e. The van der Waals surface area contributed by atoms with E-state index in [1.54, 1.807) is 0 Å². The molecule has 1 aliphatic heterocycles. The van der Waals surface area contributed by atoms with Gasteiger partial charge in [-0.3, -0.25) is 9.36 Å². The third-order valence-corrected chi connectivity index (χ3v) is 3.81. The minimum absolute atomic E-state index is 0.0211. The number of hydrogen-bond donors (Lipinski definition) is 1. The van der Waals surface area contributed by atoms with E-state index in [0.717, 1.165) is 13.0 Å².